The first-order valence-electron chi connectivity index (χ1n) is 6.15. The van der Waals surface area contributed by atoms with Gasteiger partial charge in [-0.05, 0) is 53.8 Å². The highest BCUT2D eigenvalue weighted by Gasteiger charge is 2.32. The van der Waals surface area contributed by atoms with Crippen molar-refractivity contribution in [2.45, 2.75) is 33.2 Å². The van der Waals surface area contributed by atoms with Crippen molar-refractivity contribution in [3.63, 3.8) is 0 Å². The number of tetrazole rings is 1. The second-order valence-electron chi connectivity index (χ2n) is 5.66. The summed E-state index contributed by atoms with van der Waals surface area (Å²) >= 11 is 8.43. The summed E-state index contributed by atoms with van der Waals surface area (Å²) in [4.78, 5) is 11.2. The lowest BCUT2D eigenvalue weighted by molar-refractivity contribution is -0.138. The standard InChI is InChI=1S/C12H14Br2N4O2S/c1-12(2,3)7(5-9(19)20)18-11(15-16-17-18)6-4-8(13)21-10(6)14/h4,7H,5H2,1-3H3,(H,19,20). The number of carboxylic acid groups (broad SMARTS) is 1. The van der Waals surface area contributed by atoms with Crippen LogP contribution in [0.4, 0.5) is 0 Å². The lowest BCUT2D eigenvalue weighted by atomic mass is 9.84. The van der Waals surface area contributed by atoms with Gasteiger partial charge >= 0.3 is 5.97 Å². The summed E-state index contributed by atoms with van der Waals surface area (Å²) in [6.45, 7) is 5.93. The molecule has 0 aromatic carbocycles. The number of hydrogen-bond acceptors (Lipinski definition) is 5. The first-order chi connectivity index (χ1) is 9.70. The smallest absolute Gasteiger partial charge is 0.305 e. The van der Waals surface area contributed by atoms with E-state index >= 15 is 0 Å². The lowest BCUT2D eigenvalue weighted by Crippen LogP contribution is -2.28. The van der Waals surface area contributed by atoms with Crippen LogP contribution in [-0.4, -0.2) is 31.3 Å². The monoisotopic (exact) mass is 436 g/mol. The average Bonchev–Trinajstić information content (AvgIpc) is 2.90. The third-order valence-electron chi connectivity index (χ3n) is 3.05. The van der Waals surface area contributed by atoms with Crippen LogP contribution >= 0.6 is 43.2 Å². The Labute approximate surface area is 142 Å². The maximum Gasteiger partial charge on any atom is 0.305 e. The zero-order chi connectivity index (χ0) is 15.8. The van der Waals surface area contributed by atoms with Crippen molar-refractivity contribution in [1.82, 2.24) is 20.2 Å². The van der Waals surface area contributed by atoms with Crippen LogP contribution in [0.3, 0.4) is 0 Å². The molecular formula is C12H14Br2N4O2S. The average molecular weight is 438 g/mol. The van der Waals surface area contributed by atoms with Crippen LogP contribution in [-0.2, 0) is 4.79 Å². The van der Waals surface area contributed by atoms with E-state index in [9.17, 15) is 4.79 Å². The van der Waals surface area contributed by atoms with E-state index in [1.54, 1.807) is 4.68 Å². The van der Waals surface area contributed by atoms with E-state index in [1.807, 2.05) is 26.8 Å². The molecule has 6 nitrogen and oxygen atoms in total. The van der Waals surface area contributed by atoms with E-state index in [2.05, 4.69) is 47.4 Å². The van der Waals surface area contributed by atoms with Crippen molar-refractivity contribution in [2.75, 3.05) is 0 Å². The molecule has 9 heteroatoms. The minimum atomic E-state index is -0.873. The molecular weight excluding hydrogens is 424 g/mol. The van der Waals surface area contributed by atoms with Gasteiger partial charge in [-0.25, -0.2) is 4.68 Å². The number of rotatable bonds is 4. The highest BCUT2D eigenvalue weighted by Crippen LogP contribution is 2.40. The summed E-state index contributed by atoms with van der Waals surface area (Å²) in [5, 5.41) is 21.0. The van der Waals surface area contributed by atoms with Gasteiger partial charge in [-0.15, -0.1) is 16.4 Å². The molecule has 0 saturated heterocycles. The van der Waals surface area contributed by atoms with E-state index in [0.717, 1.165) is 13.1 Å². The molecule has 0 aliphatic heterocycles. The van der Waals surface area contributed by atoms with E-state index in [4.69, 9.17) is 5.11 Å². The predicted molar refractivity (Wildman–Crippen MR) is 87.3 cm³/mol. The van der Waals surface area contributed by atoms with Crippen molar-refractivity contribution in [2.24, 2.45) is 5.41 Å². The van der Waals surface area contributed by atoms with Gasteiger partial charge in [0, 0.05) is 5.56 Å². The molecule has 0 radical (unpaired) electrons. The largest absolute Gasteiger partial charge is 0.481 e. The zero-order valence-corrected chi connectivity index (χ0v) is 15.7. The fraction of sp³-hybridized carbons (Fsp3) is 0.500. The molecule has 2 heterocycles. The van der Waals surface area contributed by atoms with Crippen LogP contribution < -0.4 is 0 Å². The van der Waals surface area contributed by atoms with Gasteiger partial charge in [0.05, 0.1) is 20.0 Å². The molecule has 1 atom stereocenters. The Morgan fingerprint density at radius 1 is 1.48 bits per heavy atom. The topological polar surface area (TPSA) is 80.9 Å². The molecule has 0 amide bonds. The van der Waals surface area contributed by atoms with Gasteiger partial charge in [0.25, 0.3) is 0 Å². The SMILES string of the molecule is CC(C)(C)C(CC(=O)O)n1nnnc1-c1cc(Br)sc1Br. The number of aromatic nitrogens is 4. The number of carbonyl (C=O) groups is 1. The second kappa shape index (κ2) is 6.13. The van der Waals surface area contributed by atoms with E-state index in [0.29, 0.717) is 5.82 Å². The molecule has 114 valence electrons. The fourth-order valence-corrected chi connectivity index (χ4v) is 4.79. The summed E-state index contributed by atoms with van der Waals surface area (Å²) in [6, 6.07) is 1.57. The van der Waals surface area contributed by atoms with Gasteiger partial charge in [0.1, 0.15) is 0 Å². The molecule has 0 aliphatic carbocycles. The van der Waals surface area contributed by atoms with Crippen molar-refractivity contribution < 1.29 is 9.90 Å². The first-order valence-corrected chi connectivity index (χ1v) is 8.55. The Morgan fingerprint density at radius 2 is 2.14 bits per heavy atom. The van der Waals surface area contributed by atoms with Gasteiger partial charge < -0.3 is 5.11 Å². The third-order valence-corrected chi connectivity index (χ3v) is 5.39. The van der Waals surface area contributed by atoms with Crippen LogP contribution in [0.15, 0.2) is 13.6 Å². The molecule has 2 rings (SSSR count). The molecule has 2 aromatic heterocycles. The summed E-state index contributed by atoms with van der Waals surface area (Å²) in [5.41, 5.74) is 0.555. The summed E-state index contributed by atoms with van der Waals surface area (Å²) in [5.74, 6) is -0.313. The van der Waals surface area contributed by atoms with Crippen LogP contribution in [0.1, 0.15) is 33.2 Å². The number of carboxylic acids is 1. The molecule has 0 saturated carbocycles. The van der Waals surface area contributed by atoms with Crippen molar-refractivity contribution in [3.8, 4) is 11.4 Å². The first kappa shape index (κ1) is 16.6. The minimum Gasteiger partial charge on any atom is -0.481 e. The van der Waals surface area contributed by atoms with Crippen LogP contribution in [0.25, 0.3) is 11.4 Å². The van der Waals surface area contributed by atoms with Gasteiger partial charge in [-0.3, -0.25) is 4.79 Å². The third kappa shape index (κ3) is 3.70. The quantitative estimate of drug-likeness (QED) is 0.781. The Morgan fingerprint density at radius 3 is 2.62 bits per heavy atom. The predicted octanol–water partition coefficient (Wildman–Crippen LogP) is 3.99. The molecule has 0 spiro atoms. The molecule has 0 bridgehead atoms. The Hall–Kier alpha value is -0.800. The van der Waals surface area contributed by atoms with Gasteiger partial charge in [-0.1, -0.05) is 20.8 Å². The van der Waals surface area contributed by atoms with Gasteiger partial charge in [0.15, 0.2) is 5.82 Å². The maximum absolute atomic E-state index is 11.2. The van der Waals surface area contributed by atoms with Crippen LogP contribution in [0.2, 0.25) is 0 Å². The highest BCUT2D eigenvalue weighted by molar-refractivity contribution is 9.12. The molecule has 0 aliphatic rings. The number of halogens is 2. The Balaban J connectivity index is 2.51. The van der Waals surface area contributed by atoms with Gasteiger partial charge in [0.2, 0.25) is 0 Å². The number of nitrogens with zero attached hydrogens (tertiary/aromatic N) is 4. The highest BCUT2D eigenvalue weighted by atomic mass is 79.9. The van der Waals surface area contributed by atoms with Crippen LogP contribution in [0.5, 0.6) is 0 Å². The van der Waals surface area contributed by atoms with Crippen molar-refractivity contribution in [3.05, 3.63) is 13.6 Å². The fourth-order valence-electron chi connectivity index (χ4n) is 2.00. The second-order valence-corrected chi connectivity index (χ2v) is 9.41. The maximum atomic E-state index is 11.2. The number of aliphatic carboxylic acids is 1. The lowest BCUT2D eigenvalue weighted by Gasteiger charge is -2.29. The minimum absolute atomic E-state index is 0.0372. The molecule has 2 aromatic rings. The normalized spacial score (nSPS) is 13.4. The van der Waals surface area contributed by atoms with Crippen molar-refractivity contribution in [1.29, 1.82) is 0 Å². The van der Waals surface area contributed by atoms with E-state index in [1.165, 1.54) is 11.3 Å². The Bertz CT molecular complexity index is 663. The number of hydrogen-bond donors (Lipinski definition) is 1. The Kier molecular flexibility index (Phi) is 4.84. The summed E-state index contributed by atoms with van der Waals surface area (Å²) < 4.78 is 3.45. The van der Waals surface area contributed by atoms with E-state index < -0.39 is 5.97 Å². The van der Waals surface area contributed by atoms with Crippen LogP contribution in [0, 0.1) is 5.41 Å². The summed E-state index contributed by atoms with van der Waals surface area (Å²) in [7, 11) is 0. The van der Waals surface area contributed by atoms with Gasteiger partial charge in [-0.2, -0.15) is 0 Å². The van der Waals surface area contributed by atoms with E-state index in [-0.39, 0.29) is 17.9 Å². The molecule has 1 N–H and O–H groups in total. The number of thiophene rings is 1. The molecule has 0 fully saturated rings. The van der Waals surface area contributed by atoms with Crippen molar-refractivity contribution >= 4 is 49.2 Å². The zero-order valence-electron chi connectivity index (χ0n) is 11.7. The molecule has 21 heavy (non-hydrogen) atoms. The summed E-state index contributed by atoms with van der Waals surface area (Å²) in [6.07, 6.45) is -0.0372. The molecule has 1 unspecified atom stereocenters.